The quantitative estimate of drug-likeness (QED) is 0.495. The number of fused-ring (bicyclic) bond motifs is 2. The van der Waals surface area contributed by atoms with E-state index in [4.69, 9.17) is 9.47 Å². The minimum absolute atomic E-state index is 0.00549. The summed E-state index contributed by atoms with van der Waals surface area (Å²) in [5.74, 6) is 1.50. The van der Waals surface area contributed by atoms with Crippen molar-refractivity contribution >= 4 is 23.7 Å². The molecule has 2 aromatic carbocycles. The maximum Gasteiger partial charge on any atom is 0.132 e. The summed E-state index contributed by atoms with van der Waals surface area (Å²) in [7, 11) is 0. The highest BCUT2D eigenvalue weighted by molar-refractivity contribution is 8.03. The first-order valence-electron chi connectivity index (χ1n) is 14.6. The van der Waals surface area contributed by atoms with Gasteiger partial charge >= 0.3 is 0 Å². The van der Waals surface area contributed by atoms with Gasteiger partial charge in [-0.05, 0) is 78.7 Å². The van der Waals surface area contributed by atoms with Gasteiger partial charge in [0.25, 0.3) is 0 Å². The van der Waals surface area contributed by atoms with Crippen LogP contribution in [0.2, 0.25) is 0 Å². The smallest absolute Gasteiger partial charge is 0.132 e. The summed E-state index contributed by atoms with van der Waals surface area (Å²) in [6.45, 7) is 8.67. The van der Waals surface area contributed by atoms with Crippen molar-refractivity contribution in [2.24, 2.45) is 11.3 Å². The molecule has 7 rings (SSSR count). The summed E-state index contributed by atoms with van der Waals surface area (Å²) < 4.78 is 12.1. The van der Waals surface area contributed by atoms with E-state index in [2.05, 4.69) is 63.8 Å². The first-order valence-corrected chi connectivity index (χ1v) is 15.5. The Labute approximate surface area is 236 Å². The second-order valence-electron chi connectivity index (χ2n) is 12.1. The highest BCUT2D eigenvalue weighted by atomic mass is 32.2. The lowest BCUT2D eigenvalue weighted by molar-refractivity contribution is -0.113. The molecule has 1 saturated carbocycles. The molecule has 0 radical (unpaired) electrons. The van der Waals surface area contributed by atoms with Crippen LogP contribution in [0.3, 0.4) is 0 Å². The first kappa shape index (κ1) is 25.6. The second-order valence-corrected chi connectivity index (χ2v) is 13.0. The molecule has 5 aliphatic rings. The Morgan fingerprint density at radius 2 is 2.05 bits per heavy atom. The molecule has 3 atom stereocenters. The lowest BCUT2D eigenvalue weighted by Crippen LogP contribution is -2.45. The number of nitrogens with zero attached hydrogens (tertiary/aromatic N) is 2. The number of aldehydes is 1. The van der Waals surface area contributed by atoms with Gasteiger partial charge in [0.2, 0.25) is 0 Å². The predicted molar refractivity (Wildman–Crippen MR) is 155 cm³/mol. The predicted octanol–water partition coefficient (Wildman–Crippen LogP) is 4.94. The topological polar surface area (TPSA) is 54.0 Å². The number of benzene rings is 2. The lowest BCUT2D eigenvalue weighted by atomic mass is 9.95. The van der Waals surface area contributed by atoms with Crippen molar-refractivity contribution in [1.82, 2.24) is 15.1 Å². The molecule has 4 heterocycles. The van der Waals surface area contributed by atoms with Gasteiger partial charge in [0.15, 0.2) is 0 Å². The van der Waals surface area contributed by atoms with Crippen LogP contribution in [0, 0.1) is 18.3 Å². The summed E-state index contributed by atoms with van der Waals surface area (Å²) in [6, 6.07) is 14.0. The molecule has 0 bridgehead atoms. The molecule has 6 nitrogen and oxygen atoms in total. The number of nitrogens with one attached hydrogen (secondary N) is 1. The second kappa shape index (κ2) is 10.6. The average molecular weight is 546 g/mol. The molecule has 0 aromatic heterocycles. The van der Waals surface area contributed by atoms with Crippen LogP contribution in [0.4, 0.5) is 0 Å². The van der Waals surface area contributed by atoms with E-state index < -0.39 is 0 Å². The van der Waals surface area contributed by atoms with E-state index in [0.29, 0.717) is 18.6 Å². The molecular formula is C32H39N3O3S. The Hall–Kier alpha value is -2.32. The molecule has 7 heteroatoms. The fourth-order valence-electron chi connectivity index (χ4n) is 7.04. The van der Waals surface area contributed by atoms with Crippen LogP contribution >= 0.6 is 11.8 Å². The third kappa shape index (κ3) is 5.03. The number of piperidine rings is 1. The Morgan fingerprint density at radius 1 is 1.15 bits per heavy atom. The van der Waals surface area contributed by atoms with Gasteiger partial charge in [0.1, 0.15) is 24.1 Å². The number of thioether (sulfide) groups is 1. The minimum atomic E-state index is -0.00549. The number of likely N-dealkylation sites (tertiary alicyclic amines) is 1. The molecule has 0 amide bonds. The normalized spacial score (nSPS) is 29.2. The van der Waals surface area contributed by atoms with Gasteiger partial charge in [-0.2, -0.15) is 0 Å². The fourth-order valence-corrected chi connectivity index (χ4v) is 8.06. The van der Waals surface area contributed by atoms with Crippen LogP contribution in [0.25, 0.3) is 5.70 Å². The molecular weight excluding hydrogens is 506 g/mol. The maximum atomic E-state index is 11.5. The van der Waals surface area contributed by atoms with Crippen molar-refractivity contribution in [2.45, 2.75) is 63.7 Å². The van der Waals surface area contributed by atoms with Crippen molar-refractivity contribution < 1.29 is 14.3 Å². The molecule has 2 saturated heterocycles. The number of ether oxygens (including phenoxy) is 2. The van der Waals surface area contributed by atoms with Gasteiger partial charge in [-0.15, -0.1) is 0 Å². The third-order valence-corrected chi connectivity index (χ3v) is 10.7. The standard InChI is InChI=1S/C32H39N3O3S/c1-22-3-2-4-28(29-20-39-31(33-29)35-12-10-32(21-36)16-26(32)18-35)30(22)38-19-23-5-6-25-17-34(11-7-24(25)15-23)27-8-13-37-14-9-27/h2-6,15,20-21,26-27,31,33H,7-14,16-19H2,1H3. The van der Waals surface area contributed by atoms with Gasteiger partial charge in [-0.25, -0.2) is 0 Å². The van der Waals surface area contributed by atoms with Crippen LogP contribution in [-0.2, 0) is 29.1 Å². The van der Waals surface area contributed by atoms with Gasteiger partial charge in [0, 0.05) is 56.4 Å². The van der Waals surface area contributed by atoms with Crippen LogP contribution < -0.4 is 10.1 Å². The number of carbonyl (C=O) groups is 1. The zero-order valence-electron chi connectivity index (χ0n) is 22.9. The fraction of sp³-hybridized carbons (Fsp3) is 0.531. The third-order valence-electron chi connectivity index (χ3n) is 9.66. The number of hydrogen-bond donors (Lipinski definition) is 1. The SMILES string of the molecule is Cc1cccc(C2=CSC(N3CCC4(C=O)CC4C3)N2)c1OCc1ccc2c(c1)CCN(C1CCOCC1)C2. The number of para-hydroxylation sites is 1. The Morgan fingerprint density at radius 3 is 2.90 bits per heavy atom. The zero-order chi connectivity index (χ0) is 26.4. The van der Waals surface area contributed by atoms with Gasteiger partial charge in [0.05, 0.1) is 5.70 Å². The first-order chi connectivity index (χ1) is 19.1. The Balaban J connectivity index is 0.997. The van der Waals surface area contributed by atoms with Gasteiger partial charge in [-0.3, -0.25) is 9.80 Å². The Bertz CT molecular complexity index is 1280. The van der Waals surface area contributed by atoms with Crippen LogP contribution in [0.1, 0.15) is 53.5 Å². The molecule has 1 aliphatic carbocycles. The number of aryl methyl sites for hydroxylation is 1. The lowest BCUT2D eigenvalue weighted by Gasteiger charge is -2.37. The van der Waals surface area contributed by atoms with E-state index in [1.54, 1.807) is 0 Å². The number of carbonyl (C=O) groups excluding carboxylic acids is 1. The monoisotopic (exact) mass is 545 g/mol. The molecule has 2 aromatic rings. The summed E-state index contributed by atoms with van der Waals surface area (Å²) >= 11 is 1.83. The summed E-state index contributed by atoms with van der Waals surface area (Å²) in [6.07, 6.45) is 6.69. The summed E-state index contributed by atoms with van der Waals surface area (Å²) in [5.41, 5.74) is 7.80. The van der Waals surface area contributed by atoms with Crippen LogP contribution in [0.15, 0.2) is 41.8 Å². The van der Waals surface area contributed by atoms with Crippen molar-refractivity contribution in [3.8, 4) is 5.75 Å². The number of hydrogen-bond acceptors (Lipinski definition) is 7. The largest absolute Gasteiger partial charge is 0.488 e. The van der Waals surface area contributed by atoms with E-state index in [9.17, 15) is 4.79 Å². The Kier molecular flexibility index (Phi) is 6.96. The van der Waals surface area contributed by atoms with Gasteiger partial charge in [-0.1, -0.05) is 42.1 Å². The molecule has 3 fully saturated rings. The van der Waals surface area contributed by atoms with E-state index in [-0.39, 0.29) is 10.9 Å². The number of rotatable bonds is 7. The summed E-state index contributed by atoms with van der Waals surface area (Å²) in [5, 5.41) is 5.99. The molecule has 4 aliphatic heterocycles. The molecule has 0 spiro atoms. The van der Waals surface area contributed by atoms with Crippen LogP contribution in [0.5, 0.6) is 5.75 Å². The average Bonchev–Trinajstić information content (AvgIpc) is 3.51. The highest BCUT2D eigenvalue weighted by Crippen LogP contribution is 2.57. The van der Waals surface area contributed by atoms with Gasteiger partial charge < -0.3 is 19.6 Å². The van der Waals surface area contributed by atoms with Crippen molar-refractivity contribution in [3.63, 3.8) is 0 Å². The maximum absolute atomic E-state index is 11.5. The van der Waals surface area contributed by atoms with Crippen molar-refractivity contribution in [2.75, 3.05) is 32.8 Å². The van der Waals surface area contributed by atoms with Crippen molar-refractivity contribution in [1.29, 1.82) is 0 Å². The van der Waals surface area contributed by atoms with Crippen LogP contribution in [-0.4, -0.2) is 60.5 Å². The van der Waals surface area contributed by atoms with E-state index in [1.165, 1.54) is 23.0 Å². The molecule has 1 N–H and O–H groups in total. The van der Waals surface area contributed by atoms with E-state index in [0.717, 1.165) is 94.1 Å². The highest BCUT2D eigenvalue weighted by Gasteiger charge is 2.57. The molecule has 3 unspecified atom stereocenters. The summed E-state index contributed by atoms with van der Waals surface area (Å²) in [4.78, 5) is 16.7. The van der Waals surface area contributed by atoms with Crippen molar-refractivity contribution in [3.05, 3.63) is 69.6 Å². The molecule has 39 heavy (non-hydrogen) atoms. The van der Waals surface area contributed by atoms with E-state index >= 15 is 0 Å². The zero-order valence-corrected chi connectivity index (χ0v) is 23.7. The molecule has 206 valence electrons. The minimum Gasteiger partial charge on any atom is -0.488 e. The van der Waals surface area contributed by atoms with E-state index in [1.807, 2.05) is 11.8 Å².